The van der Waals surface area contributed by atoms with E-state index in [1.807, 2.05) is 0 Å². The van der Waals surface area contributed by atoms with Crippen molar-refractivity contribution in [3.05, 3.63) is 0 Å². The first-order chi connectivity index (χ1) is 4.29. The summed E-state index contributed by atoms with van der Waals surface area (Å²) < 4.78 is 0. The summed E-state index contributed by atoms with van der Waals surface area (Å²) in [5.74, 6) is 0. The monoisotopic (exact) mass is 126 g/mol. The predicted octanol–water partition coefficient (Wildman–Crippen LogP) is 1.12. The Morgan fingerprint density at radius 1 is 1.33 bits per heavy atom. The molecular formula is C7H14N2. The van der Waals surface area contributed by atoms with E-state index in [2.05, 4.69) is 11.9 Å². The summed E-state index contributed by atoms with van der Waals surface area (Å²) in [4.78, 5) is 2.29. The van der Waals surface area contributed by atoms with Crippen LogP contribution in [0.5, 0.6) is 0 Å². The highest BCUT2D eigenvalue weighted by molar-refractivity contribution is 5.81. The molecule has 0 aliphatic carbocycles. The topological polar surface area (TPSA) is 27.1 Å². The number of rotatable bonds is 0. The van der Waals surface area contributed by atoms with Crippen molar-refractivity contribution in [3.8, 4) is 0 Å². The highest BCUT2D eigenvalue weighted by atomic mass is 15.1. The van der Waals surface area contributed by atoms with Crippen LogP contribution in [0.3, 0.4) is 0 Å². The molecule has 0 aromatic heterocycles. The molecule has 1 aliphatic heterocycles. The third-order valence-electron chi connectivity index (χ3n) is 1.81. The van der Waals surface area contributed by atoms with E-state index in [9.17, 15) is 0 Å². The Bertz CT molecular complexity index is 109. The molecule has 0 saturated carbocycles. The zero-order valence-corrected chi connectivity index (χ0v) is 5.98. The number of hydrogen-bond donors (Lipinski definition) is 1. The lowest BCUT2D eigenvalue weighted by Crippen LogP contribution is -2.18. The molecule has 0 bridgehead atoms. The van der Waals surface area contributed by atoms with Crippen LogP contribution >= 0.6 is 0 Å². The molecular weight excluding hydrogens is 112 g/mol. The van der Waals surface area contributed by atoms with Crippen LogP contribution in [0.25, 0.3) is 0 Å². The standard InChI is InChI=1S/C7H14N2/c1-9-5-2-3-7(8)4-6-9/h8H,2-6H2,1H3. The molecule has 1 N–H and O–H groups in total. The fraction of sp³-hybridized carbons (Fsp3) is 0.857. The van der Waals surface area contributed by atoms with Crippen LogP contribution in [0, 0.1) is 5.41 Å². The summed E-state index contributed by atoms with van der Waals surface area (Å²) in [6.07, 6.45) is 3.18. The van der Waals surface area contributed by atoms with Gasteiger partial charge in [-0.15, -0.1) is 0 Å². The van der Waals surface area contributed by atoms with Crippen molar-refractivity contribution >= 4 is 5.71 Å². The van der Waals surface area contributed by atoms with Crippen LogP contribution < -0.4 is 0 Å². The molecule has 2 heteroatoms. The van der Waals surface area contributed by atoms with E-state index in [0.717, 1.165) is 25.1 Å². The Morgan fingerprint density at radius 2 is 2.11 bits per heavy atom. The summed E-state index contributed by atoms with van der Waals surface area (Å²) >= 11 is 0. The molecule has 2 nitrogen and oxygen atoms in total. The van der Waals surface area contributed by atoms with Gasteiger partial charge in [-0.05, 0) is 32.9 Å². The lowest BCUT2D eigenvalue weighted by molar-refractivity contribution is 0.352. The van der Waals surface area contributed by atoms with Gasteiger partial charge in [0, 0.05) is 12.3 Å². The lowest BCUT2D eigenvalue weighted by Gasteiger charge is -2.10. The fourth-order valence-corrected chi connectivity index (χ4v) is 1.12. The van der Waals surface area contributed by atoms with Gasteiger partial charge in [0.2, 0.25) is 0 Å². The molecule has 9 heavy (non-hydrogen) atoms. The van der Waals surface area contributed by atoms with E-state index in [4.69, 9.17) is 5.41 Å². The summed E-state index contributed by atoms with van der Waals surface area (Å²) in [7, 11) is 2.12. The largest absolute Gasteiger partial charge is 0.310 e. The molecule has 0 aromatic carbocycles. The molecule has 0 unspecified atom stereocenters. The minimum Gasteiger partial charge on any atom is -0.310 e. The van der Waals surface area contributed by atoms with Crippen LogP contribution in [0.2, 0.25) is 0 Å². The van der Waals surface area contributed by atoms with E-state index < -0.39 is 0 Å². The van der Waals surface area contributed by atoms with E-state index in [-0.39, 0.29) is 0 Å². The fourth-order valence-electron chi connectivity index (χ4n) is 1.12. The smallest absolute Gasteiger partial charge is 0.0102 e. The molecule has 0 atom stereocenters. The second-order valence-electron chi connectivity index (χ2n) is 2.76. The summed E-state index contributed by atoms with van der Waals surface area (Å²) in [5.41, 5.74) is 0.930. The van der Waals surface area contributed by atoms with Gasteiger partial charge in [0.05, 0.1) is 0 Å². The van der Waals surface area contributed by atoms with E-state index in [1.165, 1.54) is 13.0 Å². The molecule has 1 saturated heterocycles. The minimum absolute atomic E-state index is 0.930. The van der Waals surface area contributed by atoms with Crippen molar-refractivity contribution in [2.24, 2.45) is 0 Å². The van der Waals surface area contributed by atoms with Gasteiger partial charge in [-0.2, -0.15) is 0 Å². The van der Waals surface area contributed by atoms with Crippen LogP contribution in [0.1, 0.15) is 19.3 Å². The quantitative estimate of drug-likeness (QED) is 0.517. The maximum absolute atomic E-state index is 7.39. The van der Waals surface area contributed by atoms with E-state index in [1.54, 1.807) is 0 Å². The lowest BCUT2D eigenvalue weighted by atomic mass is 10.2. The van der Waals surface area contributed by atoms with Crippen molar-refractivity contribution in [2.45, 2.75) is 19.3 Å². The first-order valence-electron chi connectivity index (χ1n) is 3.54. The van der Waals surface area contributed by atoms with Crippen molar-refractivity contribution in [1.29, 1.82) is 5.41 Å². The zero-order valence-electron chi connectivity index (χ0n) is 5.98. The number of hydrogen-bond acceptors (Lipinski definition) is 2. The summed E-state index contributed by atoms with van der Waals surface area (Å²) in [6.45, 7) is 2.25. The molecule has 0 aromatic rings. The average molecular weight is 126 g/mol. The normalized spacial score (nSPS) is 23.9. The third-order valence-corrected chi connectivity index (χ3v) is 1.81. The Labute approximate surface area is 56.4 Å². The van der Waals surface area contributed by atoms with Crippen molar-refractivity contribution < 1.29 is 0 Å². The number of nitrogens with zero attached hydrogens (tertiary/aromatic N) is 1. The zero-order chi connectivity index (χ0) is 6.69. The van der Waals surface area contributed by atoms with Gasteiger partial charge < -0.3 is 10.3 Å². The highest BCUT2D eigenvalue weighted by Gasteiger charge is 2.06. The molecule has 1 aliphatic rings. The van der Waals surface area contributed by atoms with Crippen molar-refractivity contribution in [1.82, 2.24) is 4.90 Å². The number of likely N-dealkylation sites (tertiary alicyclic amines) is 1. The predicted molar refractivity (Wildman–Crippen MR) is 39.1 cm³/mol. The van der Waals surface area contributed by atoms with Crippen LogP contribution in [-0.4, -0.2) is 30.7 Å². The Kier molecular flexibility index (Phi) is 2.22. The van der Waals surface area contributed by atoms with Gasteiger partial charge in [0.25, 0.3) is 0 Å². The Hall–Kier alpha value is -0.370. The van der Waals surface area contributed by atoms with E-state index >= 15 is 0 Å². The SMILES string of the molecule is CN1CCCC(=N)CC1. The summed E-state index contributed by atoms with van der Waals surface area (Å²) in [6, 6.07) is 0. The van der Waals surface area contributed by atoms with E-state index in [0.29, 0.717) is 0 Å². The third kappa shape index (κ3) is 2.14. The van der Waals surface area contributed by atoms with Crippen LogP contribution in [-0.2, 0) is 0 Å². The molecule has 0 amide bonds. The maximum Gasteiger partial charge on any atom is 0.0102 e. The molecule has 0 radical (unpaired) electrons. The Morgan fingerprint density at radius 3 is 2.89 bits per heavy atom. The summed E-state index contributed by atoms with van der Waals surface area (Å²) in [5, 5.41) is 7.39. The highest BCUT2D eigenvalue weighted by Crippen LogP contribution is 2.03. The van der Waals surface area contributed by atoms with Crippen molar-refractivity contribution in [2.75, 3.05) is 20.1 Å². The second-order valence-corrected chi connectivity index (χ2v) is 2.76. The van der Waals surface area contributed by atoms with Crippen LogP contribution in [0.4, 0.5) is 0 Å². The van der Waals surface area contributed by atoms with Gasteiger partial charge in [0.15, 0.2) is 0 Å². The first kappa shape index (κ1) is 6.75. The van der Waals surface area contributed by atoms with Gasteiger partial charge in [-0.3, -0.25) is 0 Å². The first-order valence-corrected chi connectivity index (χ1v) is 3.54. The number of nitrogens with one attached hydrogen (secondary N) is 1. The minimum atomic E-state index is 0.930. The molecule has 1 heterocycles. The van der Waals surface area contributed by atoms with Gasteiger partial charge >= 0.3 is 0 Å². The van der Waals surface area contributed by atoms with Gasteiger partial charge in [0.1, 0.15) is 0 Å². The Balaban J connectivity index is 2.34. The average Bonchev–Trinajstić information content (AvgIpc) is 1.97. The molecule has 1 rings (SSSR count). The second kappa shape index (κ2) is 2.97. The van der Waals surface area contributed by atoms with Crippen molar-refractivity contribution in [3.63, 3.8) is 0 Å². The van der Waals surface area contributed by atoms with Gasteiger partial charge in [-0.25, -0.2) is 0 Å². The maximum atomic E-state index is 7.39. The molecule has 52 valence electrons. The molecule has 1 fully saturated rings. The molecule has 0 spiro atoms. The van der Waals surface area contributed by atoms with Gasteiger partial charge in [-0.1, -0.05) is 0 Å². The van der Waals surface area contributed by atoms with Crippen LogP contribution in [0.15, 0.2) is 0 Å².